The van der Waals surface area contributed by atoms with E-state index in [1.807, 2.05) is 31.2 Å². The third-order valence-corrected chi connectivity index (χ3v) is 3.78. The Morgan fingerprint density at radius 3 is 2.77 bits per heavy atom. The van der Waals surface area contributed by atoms with Crippen molar-refractivity contribution in [1.82, 2.24) is 9.80 Å². The van der Waals surface area contributed by atoms with Crippen LogP contribution in [-0.2, 0) is 20.9 Å². The first-order valence-electron chi connectivity index (χ1n) is 7.03. The molecular formula is C15H16N2O5. The molecule has 1 saturated heterocycles. The lowest BCUT2D eigenvalue weighted by molar-refractivity contribution is -0.138. The molecule has 1 aromatic carbocycles. The molecule has 116 valence electrons. The summed E-state index contributed by atoms with van der Waals surface area (Å²) < 4.78 is 10.3. The average Bonchev–Trinajstić information content (AvgIpc) is 2.73. The Morgan fingerprint density at radius 2 is 2.05 bits per heavy atom. The number of benzene rings is 1. The van der Waals surface area contributed by atoms with E-state index in [9.17, 15) is 14.4 Å². The van der Waals surface area contributed by atoms with Crippen LogP contribution in [0.4, 0.5) is 4.79 Å². The molecule has 2 aliphatic heterocycles. The van der Waals surface area contributed by atoms with Crippen molar-refractivity contribution in [2.45, 2.75) is 19.5 Å². The summed E-state index contributed by atoms with van der Waals surface area (Å²) in [6.07, 6.45) is -0.766. The second-order valence-electron chi connectivity index (χ2n) is 5.32. The van der Waals surface area contributed by atoms with Crippen LogP contribution in [0.15, 0.2) is 24.3 Å². The summed E-state index contributed by atoms with van der Waals surface area (Å²) in [5.74, 6) is -0.0428. The number of cyclic esters (lactones) is 1. The molecule has 0 aliphatic carbocycles. The minimum Gasteiger partial charge on any atom is -0.491 e. The molecule has 0 aromatic heterocycles. The van der Waals surface area contributed by atoms with Crippen molar-refractivity contribution in [3.63, 3.8) is 0 Å². The first-order chi connectivity index (χ1) is 10.6. The number of carbonyl (C=O) groups is 3. The van der Waals surface area contributed by atoms with Crippen molar-refractivity contribution in [1.29, 1.82) is 0 Å². The lowest BCUT2D eigenvalue weighted by atomic mass is 10.2. The highest BCUT2D eigenvalue weighted by Crippen LogP contribution is 2.25. The normalized spacial score (nSPS) is 21.0. The number of imide groups is 1. The zero-order valence-corrected chi connectivity index (χ0v) is 12.2. The Labute approximate surface area is 127 Å². The fourth-order valence-corrected chi connectivity index (χ4v) is 2.51. The van der Waals surface area contributed by atoms with E-state index in [1.165, 1.54) is 0 Å². The van der Waals surface area contributed by atoms with E-state index in [0.29, 0.717) is 13.2 Å². The number of rotatable bonds is 2. The van der Waals surface area contributed by atoms with Crippen molar-refractivity contribution in [3.8, 4) is 5.75 Å². The summed E-state index contributed by atoms with van der Waals surface area (Å²) in [5, 5.41) is 0. The molecule has 1 fully saturated rings. The van der Waals surface area contributed by atoms with Gasteiger partial charge in [0, 0.05) is 12.1 Å². The quantitative estimate of drug-likeness (QED) is 0.807. The van der Waals surface area contributed by atoms with E-state index in [0.717, 1.165) is 16.2 Å². The van der Waals surface area contributed by atoms with Gasteiger partial charge < -0.3 is 14.4 Å². The van der Waals surface area contributed by atoms with Crippen molar-refractivity contribution in [2.24, 2.45) is 0 Å². The van der Waals surface area contributed by atoms with Gasteiger partial charge in [-0.2, -0.15) is 0 Å². The topological polar surface area (TPSA) is 76.2 Å². The van der Waals surface area contributed by atoms with E-state index in [-0.39, 0.29) is 25.1 Å². The standard InChI is InChI=1S/C15H16N2O5/c1-10-8-21-12-5-3-2-4-11(12)6-16(10)13(18)7-17-14(19)9-22-15(17)20/h2-5,10H,6-9H2,1H3/t10-/m1/s1. The van der Waals surface area contributed by atoms with E-state index in [4.69, 9.17) is 4.74 Å². The Bertz CT molecular complexity index is 614. The van der Waals surface area contributed by atoms with Gasteiger partial charge in [0.25, 0.3) is 5.91 Å². The molecule has 7 heteroatoms. The molecule has 1 atom stereocenters. The largest absolute Gasteiger partial charge is 0.491 e. The van der Waals surface area contributed by atoms with Gasteiger partial charge in [0.05, 0.1) is 6.04 Å². The molecule has 2 aliphatic rings. The molecule has 2 heterocycles. The highest BCUT2D eigenvalue weighted by molar-refractivity contribution is 6.01. The molecule has 3 amide bonds. The van der Waals surface area contributed by atoms with Crippen LogP contribution >= 0.6 is 0 Å². The van der Waals surface area contributed by atoms with Crippen molar-refractivity contribution in [2.75, 3.05) is 19.8 Å². The summed E-state index contributed by atoms with van der Waals surface area (Å²) in [7, 11) is 0. The number of nitrogens with zero attached hydrogens (tertiary/aromatic N) is 2. The van der Waals surface area contributed by atoms with E-state index >= 15 is 0 Å². The second kappa shape index (κ2) is 5.67. The minimum absolute atomic E-state index is 0.159. The third kappa shape index (κ3) is 2.61. The summed E-state index contributed by atoms with van der Waals surface area (Å²) in [6, 6.07) is 7.34. The maximum atomic E-state index is 12.5. The van der Waals surface area contributed by atoms with E-state index in [2.05, 4.69) is 4.74 Å². The molecule has 3 rings (SSSR count). The van der Waals surface area contributed by atoms with Gasteiger partial charge in [0.1, 0.15) is 18.9 Å². The number of hydrogen-bond acceptors (Lipinski definition) is 5. The number of hydrogen-bond donors (Lipinski definition) is 0. The third-order valence-electron chi connectivity index (χ3n) is 3.78. The molecule has 0 bridgehead atoms. The zero-order valence-electron chi connectivity index (χ0n) is 12.2. The Hall–Kier alpha value is -2.57. The highest BCUT2D eigenvalue weighted by atomic mass is 16.6. The van der Waals surface area contributed by atoms with Gasteiger partial charge in [0.2, 0.25) is 5.91 Å². The average molecular weight is 304 g/mol. The van der Waals surface area contributed by atoms with E-state index in [1.54, 1.807) is 4.90 Å². The first-order valence-corrected chi connectivity index (χ1v) is 7.03. The molecule has 1 aromatic rings. The number of fused-ring (bicyclic) bond motifs is 1. The molecule has 0 spiro atoms. The smallest absolute Gasteiger partial charge is 0.417 e. The molecule has 7 nitrogen and oxygen atoms in total. The molecular weight excluding hydrogens is 288 g/mol. The summed E-state index contributed by atoms with van der Waals surface area (Å²) >= 11 is 0. The van der Waals surface area contributed by atoms with Crippen LogP contribution in [0.25, 0.3) is 0 Å². The first kappa shape index (κ1) is 14.4. The molecule has 0 N–H and O–H groups in total. The highest BCUT2D eigenvalue weighted by Gasteiger charge is 2.35. The Kier molecular flexibility index (Phi) is 3.70. The van der Waals surface area contributed by atoms with Crippen LogP contribution in [0.5, 0.6) is 5.75 Å². The number of para-hydroxylation sites is 1. The Balaban J connectivity index is 1.76. The van der Waals surface area contributed by atoms with Gasteiger partial charge in [-0.1, -0.05) is 18.2 Å². The SMILES string of the molecule is C[C@@H]1COc2ccccc2CN1C(=O)CN1C(=O)COC1=O. The monoisotopic (exact) mass is 304 g/mol. The predicted octanol–water partition coefficient (Wildman–Crippen LogP) is 0.775. The predicted molar refractivity (Wildman–Crippen MR) is 75.0 cm³/mol. The van der Waals surface area contributed by atoms with Crippen molar-refractivity contribution >= 4 is 17.9 Å². The summed E-state index contributed by atoms with van der Waals surface area (Å²) in [6.45, 7) is 2.01. The summed E-state index contributed by atoms with van der Waals surface area (Å²) in [4.78, 5) is 37.9. The molecule has 0 radical (unpaired) electrons. The second-order valence-corrected chi connectivity index (χ2v) is 5.32. The van der Waals surface area contributed by atoms with E-state index < -0.39 is 12.0 Å². The van der Waals surface area contributed by atoms with Gasteiger partial charge in [-0.15, -0.1) is 0 Å². The number of amides is 3. The van der Waals surface area contributed by atoms with Crippen LogP contribution in [0.3, 0.4) is 0 Å². The van der Waals surface area contributed by atoms with Crippen LogP contribution in [0.2, 0.25) is 0 Å². The van der Waals surface area contributed by atoms with Gasteiger partial charge in [-0.25, -0.2) is 9.69 Å². The maximum absolute atomic E-state index is 12.5. The number of carbonyl (C=O) groups excluding carboxylic acids is 3. The van der Waals surface area contributed by atoms with Gasteiger partial charge in [0.15, 0.2) is 6.61 Å². The van der Waals surface area contributed by atoms with Crippen LogP contribution in [0, 0.1) is 0 Å². The van der Waals surface area contributed by atoms with Crippen LogP contribution in [0.1, 0.15) is 12.5 Å². The fourth-order valence-electron chi connectivity index (χ4n) is 2.51. The van der Waals surface area contributed by atoms with Crippen molar-refractivity contribution < 1.29 is 23.9 Å². The maximum Gasteiger partial charge on any atom is 0.417 e. The molecule has 0 unspecified atom stereocenters. The van der Waals surface area contributed by atoms with Gasteiger partial charge in [-0.3, -0.25) is 9.59 Å². The molecule has 22 heavy (non-hydrogen) atoms. The lowest BCUT2D eigenvalue weighted by Crippen LogP contribution is -2.46. The zero-order chi connectivity index (χ0) is 15.7. The Morgan fingerprint density at radius 1 is 1.27 bits per heavy atom. The van der Waals surface area contributed by atoms with Gasteiger partial charge >= 0.3 is 6.09 Å². The minimum atomic E-state index is -0.766. The lowest BCUT2D eigenvalue weighted by Gasteiger charge is -2.27. The van der Waals surface area contributed by atoms with Crippen LogP contribution in [-0.4, -0.2) is 53.5 Å². The summed E-state index contributed by atoms with van der Waals surface area (Å²) in [5.41, 5.74) is 0.899. The fraction of sp³-hybridized carbons (Fsp3) is 0.400. The van der Waals surface area contributed by atoms with Crippen molar-refractivity contribution in [3.05, 3.63) is 29.8 Å². The van der Waals surface area contributed by atoms with Crippen LogP contribution < -0.4 is 4.74 Å². The van der Waals surface area contributed by atoms with Gasteiger partial charge in [-0.05, 0) is 13.0 Å². The number of ether oxygens (including phenoxy) is 2. The molecule has 0 saturated carbocycles.